The van der Waals surface area contributed by atoms with E-state index in [1.165, 1.54) is 0 Å². The first-order chi connectivity index (χ1) is 5.22. The number of amides is 1. The van der Waals surface area contributed by atoms with Crippen LogP contribution >= 0.6 is 0 Å². The van der Waals surface area contributed by atoms with Crippen molar-refractivity contribution in [1.29, 1.82) is 5.53 Å². The van der Waals surface area contributed by atoms with Gasteiger partial charge in [-0.3, -0.25) is 0 Å². The lowest BCUT2D eigenvalue weighted by atomic mass is 9.88. The Balaban J connectivity index is 2.19. The maximum Gasteiger partial charge on any atom is 0.214 e. The Morgan fingerprint density at radius 2 is 2.36 bits per heavy atom. The van der Waals surface area contributed by atoms with Crippen LogP contribution in [0, 0.1) is 5.53 Å². The van der Waals surface area contributed by atoms with Gasteiger partial charge in [-0.05, 0) is 12.8 Å². The van der Waals surface area contributed by atoms with E-state index in [1.54, 1.807) is 0 Å². The summed E-state index contributed by atoms with van der Waals surface area (Å²) in [5, 5.41) is 15.7. The van der Waals surface area contributed by atoms with Gasteiger partial charge in [0.15, 0.2) is 0 Å². The van der Waals surface area contributed by atoms with E-state index in [2.05, 4.69) is 15.3 Å². The van der Waals surface area contributed by atoms with Crippen molar-refractivity contribution in [1.82, 2.24) is 10.2 Å². The van der Waals surface area contributed by atoms with Crippen molar-refractivity contribution in [3.8, 4) is 0 Å². The van der Waals surface area contributed by atoms with Gasteiger partial charge in [0, 0.05) is 6.04 Å². The average molecular weight is 156 g/mol. The van der Waals surface area contributed by atoms with Crippen molar-refractivity contribution >= 4 is 6.09 Å². The zero-order chi connectivity index (χ0) is 8.27. The van der Waals surface area contributed by atoms with Gasteiger partial charge in [0.2, 0.25) is 4.91 Å². The number of hydrogen-bond donors (Lipinski definition) is 2. The predicted octanol–water partition coefficient (Wildman–Crippen LogP) is -0.999. The van der Waals surface area contributed by atoms with E-state index >= 15 is 0 Å². The number of carbonyl (C=O) groups is 1. The predicted molar refractivity (Wildman–Crippen MR) is 32.6 cm³/mol. The molecule has 0 aromatic heterocycles. The number of nitrogens with one attached hydrogen (secondary N) is 2. The Hall–Kier alpha value is -1.42. The number of hydrogen-bond acceptors (Lipinski definition) is 4. The second-order valence-electron chi connectivity index (χ2n) is 2.47. The fourth-order valence-corrected chi connectivity index (χ4v) is 1.05. The van der Waals surface area contributed by atoms with Crippen molar-refractivity contribution < 1.29 is 9.90 Å². The molecule has 0 aliphatic heterocycles. The maximum atomic E-state index is 9.95. The highest BCUT2D eigenvalue weighted by molar-refractivity contribution is 5.62. The van der Waals surface area contributed by atoms with Gasteiger partial charge >= 0.3 is 0 Å². The molecule has 60 valence electrons. The first kappa shape index (κ1) is 7.68. The van der Waals surface area contributed by atoms with Crippen LogP contribution in [0.2, 0.25) is 0 Å². The smallest absolute Gasteiger partial charge is 0.214 e. The summed E-state index contributed by atoms with van der Waals surface area (Å²) < 4.78 is 0. The maximum absolute atomic E-state index is 9.95. The summed E-state index contributed by atoms with van der Waals surface area (Å²) in [6.07, 6.45) is -0.0107. The lowest BCUT2D eigenvalue weighted by molar-refractivity contribution is -0.252. The molecule has 0 radical (unpaired) electrons. The molecule has 6 nitrogen and oxygen atoms in total. The summed E-state index contributed by atoms with van der Waals surface area (Å²) in [5.74, 6) is 0. The Morgan fingerprint density at radius 1 is 1.73 bits per heavy atom. The number of carboxylic acid groups (broad SMARTS) is 1. The van der Waals surface area contributed by atoms with Crippen LogP contribution in [0.3, 0.4) is 0 Å². The van der Waals surface area contributed by atoms with Crippen LogP contribution in [0.1, 0.15) is 12.8 Å². The van der Waals surface area contributed by atoms with E-state index < -0.39 is 6.09 Å². The van der Waals surface area contributed by atoms with Gasteiger partial charge in [0.1, 0.15) is 22.8 Å². The molecule has 0 bridgehead atoms. The van der Waals surface area contributed by atoms with Crippen molar-refractivity contribution in [2.24, 2.45) is 5.11 Å². The molecule has 0 aromatic rings. The van der Waals surface area contributed by atoms with Crippen LogP contribution in [0.5, 0.6) is 0 Å². The van der Waals surface area contributed by atoms with Gasteiger partial charge < -0.3 is 15.2 Å². The van der Waals surface area contributed by atoms with Crippen LogP contribution in [-0.4, -0.2) is 18.2 Å². The van der Waals surface area contributed by atoms with Gasteiger partial charge in [-0.15, -0.1) is 0 Å². The third-order valence-corrected chi connectivity index (χ3v) is 1.66. The minimum Gasteiger partial charge on any atom is -0.530 e. The first-order valence-corrected chi connectivity index (χ1v) is 3.26. The fraction of sp³-hybridized carbons (Fsp3) is 0.800. The molecule has 1 aliphatic carbocycles. The molecule has 0 heterocycles. The molecule has 0 aromatic carbocycles. The number of carbonyl (C=O) groups excluding carboxylic acids is 1. The Kier molecular flexibility index (Phi) is 2.18. The van der Waals surface area contributed by atoms with E-state index in [0.717, 1.165) is 0 Å². The zero-order valence-corrected chi connectivity index (χ0v) is 5.78. The van der Waals surface area contributed by atoms with Crippen LogP contribution in [0.25, 0.3) is 0 Å². The summed E-state index contributed by atoms with van der Waals surface area (Å²) in [6, 6.07) is -0.0418. The van der Waals surface area contributed by atoms with Crippen LogP contribution in [0.15, 0.2) is 5.11 Å². The summed E-state index contributed by atoms with van der Waals surface area (Å²) in [5.41, 5.74) is 6.39. The minimum absolute atomic E-state index is 0.0179. The van der Waals surface area contributed by atoms with Gasteiger partial charge in [-0.25, -0.2) is 0 Å². The molecule has 0 spiro atoms. The molecule has 0 atom stereocenters. The third kappa shape index (κ3) is 2.01. The molecule has 6 heteroatoms. The molecular formula is C5H8N4O2. The van der Waals surface area contributed by atoms with Crippen LogP contribution in [0.4, 0.5) is 4.79 Å². The van der Waals surface area contributed by atoms with E-state index in [0.29, 0.717) is 12.8 Å². The molecule has 1 aliphatic rings. The average Bonchev–Trinajstić information content (AvgIpc) is 1.82. The Morgan fingerprint density at radius 3 is 2.82 bits per heavy atom. The molecule has 11 heavy (non-hydrogen) atoms. The molecule has 0 unspecified atom stereocenters. The molecule has 1 fully saturated rings. The van der Waals surface area contributed by atoms with E-state index in [4.69, 9.17) is 5.53 Å². The summed E-state index contributed by atoms with van der Waals surface area (Å²) >= 11 is 0. The molecule has 1 amide bonds. The van der Waals surface area contributed by atoms with Gasteiger partial charge in [-0.2, -0.15) is 0 Å². The monoisotopic (exact) mass is 156 g/mol. The summed E-state index contributed by atoms with van der Waals surface area (Å²) in [4.78, 5) is 12.8. The molecule has 2 N–H and O–H groups in total. The molecular weight excluding hydrogens is 148 g/mol. The fourth-order valence-electron chi connectivity index (χ4n) is 1.05. The molecule has 1 saturated carbocycles. The van der Waals surface area contributed by atoms with Crippen LogP contribution in [-0.2, 0) is 0 Å². The normalized spacial score (nSPS) is 28.0. The SMILES string of the molecule is N=[N+]=NC1CC(NC(=O)[O-])C1. The third-order valence-electron chi connectivity index (χ3n) is 1.66. The second-order valence-corrected chi connectivity index (χ2v) is 2.47. The minimum atomic E-state index is -1.25. The number of rotatable bonds is 2. The quantitative estimate of drug-likeness (QED) is 0.395. The van der Waals surface area contributed by atoms with E-state index in [1.807, 2.05) is 0 Å². The highest BCUT2D eigenvalue weighted by atomic mass is 16.4. The van der Waals surface area contributed by atoms with Crippen molar-refractivity contribution in [3.05, 3.63) is 0 Å². The van der Waals surface area contributed by atoms with Crippen molar-refractivity contribution in [2.45, 2.75) is 24.9 Å². The van der Waals surface area contributed by atoms with Gasteiger partial charge in [-0.1, -0.05) is 0 Å². The van der Waals surface area contributed by atoms with Gasteiger partial charge in [0.05, 0.1) is 0 Å². The van der Waals surface area contributed by atoms with E-state index in [-0.39, 0.29) is 12.1 Å². The first-order valence-electron chi connectivity index (χ1n) is 3.26. The summed E-state index contributed by atoms with van der Waals surface area (Å²) in [6.45, 7) is 0. The summed E-state index contributed by atoms with van der Waals surface area (Å²) in [7, 11) is 0. The van der Waals surface area contributed by atoms with Gasteiger partial charge in [0.25, 0.3) is 0 Å². The Bertz CT molecular complexity index is 205. The van der Waals surface area contributed by atoms with E-state index in [9.17, 15) is 9.90 Å². The lowest BCUT2D eigenvalue weighted by Crippen LogP contribution is -2.50. The Labute approximate surface area is 62.8 Å². The van der Waals surface area contributed by atoms with Crippen molar-refractivity contribution in [3.63, 3.8) is 0 Å². The lowest BCUT2D eigenvalue weighted by Gasteiger charge is -2.30. The second kappa shape index (κ2) is 3.12. The molecule has 0 saturated heterocycles. The standard InChI is InChI=1S/C5H8N4O2/c6-9-8-4-1-3(2-4)7-5(10)11/h3-4,6-7H,1-2H2. The largest absolute Gasteiger partial charge is 0.530 e. The topological polar surface area (TPSA) is 102 Å². The van der Waals surface area contributed by atoms with Crippen molar-refractivity contribution in [2.75, 3.05) is 0 Å². The highest BCUT2D eigenvalue weighted by Crippen LogP contribution is 2.22. The number of nitrogens with zero attached hydrogens (tertiary/aromatic N) is 2. The zero-order valence-electron chi connectivity index (χ0n) is 5.78. The van der Waals surface area contributed by atoms with Crippen LogP contribution < -0.4 is 15.3 Å². The molecule has 1 rings (SSSR count). The highest BCUT2D eigenvalue weighted by Gasteiger charge is 2.32.